The first-order valence-electron chi connectivity index (χ1n) is 5.84. The molecule has 0 saturated carbocycles. The van der Waals surface area contributed by atoms with Gasteiger partial charge >= 0.3 is 0 Å². The van der Waals surface area contributed by atoms with E-state index in [2.05, 4.69) is 48.8 Å². The molecule has 0 atom stereocenters. The lowest BCUT2D eigenvalue weighted by Gasteiger charge is -2.10. The van der Waals surface area contributed by atoms with Crippen LogP contribution in [0.3, 0.4) is 0 Å². The Kier molecular flexibility index (Phi) is 5.38. The van der Waals surface area contributed by atoms with E-state index in [1.807, 2.05) is 0 Å². The average Bonchev–Trinajstić information content (AvgIpc) is 2.23. The summed E-state index contributed by atoms with van der Waals surface area (Å²) >= 11 is 3.53. The molecular weight excluding hydrogens is 248 g/mol. The quantitative estimate of drug-likeness (QED) is 0.525. The van der Waals surface area contributed by atoms with E-state index >= 15 is 0 Å². The second-order valence-electron chi connectivity index (χ2n) is 4.30. The van der Waals surface area contributed by atoms with Crippen molar-refractivity contribution >= 4 is 15.9 Å². The normalized spacial score (nSPS) is 10.7. The van der Waals surface area contributed by atoms with Crippen molar-refractivity contribution in [3.8, 4) is 0 Å². The van der Waals surface area contributed by atoms with Crippen LogP contribution in [-0.2, 0) is 11.8 Å². The van der Waals surface area contributed by atoms with Gasteiger partial charge in [0.05, 0.1) is 0 Å². The zero-order valence-corrected chi connectivity index (χ0v) is 11.7. The van der Waals surface area contributed by atoms with Crippen LogP contribution < -0.4 is 0 Å². The van der Waals surface area contributed by atoms with Gasteiger partial charge in [0.25, 0.3) is 0 Å². The van der Waals surface area contributed by atoms with Crippen molar-refractivity contribution in [1.29, 1.82) is 0 Å². The highest BCUT2D eigenvalue weighted by Crippen LogP contribution is 2.20. The number of unbranched alkanes of at least 4 members (excludes halogenated alkanes) is 2. The van der Waals surface area contributed by atoms with E-state index in [0.717, 1.165) is 5.33 Å². The first-order valence-corrected chi connectivity index (χ1v) is 6.96. The maximum Gasteiger partial charge on any atom is 0.0285 e. The van der Waals surface area contributed by atoms with Crippen LogP contribution in [0.5, 0.6) is 0 Å². The van der Waals surface area contributed by atoms with Crippen LogP contribution >= 0.6 is 15.9 Å². The van der Waals surface area contributed by atoms with Crippen LogP contribution in [0.1, 0.15) is 48.4 Å². The summed E-state index contributed by atoms with van der Waals surface area (Å²) < 4.78 is 0. The number of hydrogen-bond donors (Lipinski definition) is 0. The van der Waals surface area contributed by atoms with Crippen molar-refractivity contribution in [2.45, 2.75) is 51.8 Å². The Bertz CT molecular complexity index is 315. The first-order chi connectivity index (χ1) is 7.19. The van der Waals surface area contributed by atoms with Crippen LogP contribution in [0.2, 0.25) is 0 Å². The number of aryl methyl sites for hydroxylation is 3. The van der Waals surface area contributed by atoms with E-state index in [0.29, 0.717) is 0 Å². The number of halogens is 1. The molecule has 0 radical (unpaired) electrons. The van der Waals surface area contributed by atoms with Gasteiger partial charge in [-0.15, -0.1) is 0 Å². The molecule has 1 aromatic rings. The number of hydrogen-bond acceptors (Lipinski definition) is 0. The van der Waals surface area contributed by atoms with Gasteiger partial charge < -0.3 is 0 Å². The van der Waals surface area contributed by atoms with Crippen LogP contribution in [0.4, 0.5) is 0 Å². The van der Waals surface area contributed by atoms with Gasteiger partial charge in [-0.3, -0.25) is 0 Å². The Balaban J connectivity index is 2.76. The largest absolute Gasteiger partial charge is 0.0876 e. The Labute approximate surface area is 102 Å². The highest BCUT2D eigenvalue weighted by Gasteiger charge is 2.03. The van der Waals surface area contributed by atoms with E-state index in [4.69, 9.17) is 0 Å². The molecule has 84 valence electrons. The third kappa shape index (κ3) is 3.64. The Morgan fingerprint density at radius 1 is 1.00 bits per heavy atom. The number of rotatable bonds is 5. The summed E-state index contributed by atoms with van der Waals surface area (Å²) in [6.07, 6.45) is 5.21. The van der Waals surface area contributed by atoms with Gasteiger partial charge in [0.2, 0.25) is 0 Å². The van der Waals surface area contributed by atoms with Gasteiger partial charge in [0.1, 0.15) is 0 Å². The SMILES string of the molecule is CCCCCc1cc(C)c(CBr)cc1C. The third-order valence-electron chi connectivity index (χ3n) is 2.99. The molecule has 1 heteroatoms. The highest BCUT2D eigenvalue weighted by atomic mass is 79.9. The van der Waals surface area contributed by atoms with Crippen molar-refractivity contribution < 1.29 is 0 Å². The topological polar surface area (TPSA) is 0 Å². The lowest BCUT2D eigenvalue weighted by Crippen LogP contribution is -1.95. The summed E-state index contributed by atoms with van der Waals surface area (Å²) in [4.78, 5) is 0. The van der Waals surface area contributed by atoms with E-state index < -0.39 is 0 Å². The third-order valence-corrected chi connectivity index (χ3v) is 3.59. The van der Waals surface area contributed by atoms with E-state index in [1.54, 1.807) is 0 Å². The molecular formula is C14H21Br. The summed E-state index contributed by atoms with van der Waals surface area (Å²) in [5, 5.41) is 0.967. The summed E-state index contributed by atoms with van der Waals surface area (Å²) in [5.74, 6) is 0. The van der Waals surface area contributed by atoms with Gasteiger partial charge in [-0.2, -0.15) is 0 Å². The van der Waals surface area contributed by atoms with Crippen molar-refractivity contribution in [3.05, 3.63) is 34.4 Å². The van der Waals surface area contributed by atoms with E-state index in [1.165, 1.54) is 47.9 Å². The molecule has 1 rings (SSSR count). The molecule has 15 heavy (non-hydrogen) atoms. The fourth-order valence-electron chi connectivity index (χ4n) is 1.91. The van der Waals surface area contributed by atoms with Crippen molar-refractivity contribution in [1.82, 2.24) is 0 Å². The second-order valence-corrected chi connectivity index (χ2v) is 4.86. The summed E-state index contributed by atoms with van der Waals surface area (Å²) in [7, 11) is 0. The minimum Gasteiger partial charge on any atom is -0.0876 e. The lowest BCUT2D eigenvalue weighted by atomic mass is 9.97. The maximum absolute atomic E-state index is 3.53. The first kappa shape index (κ1) is 12.8. The van der Waals surface area contributed by atoms with Crippen LogP contribution in [0.15, 0.2) is 12.1 Å². The zero-order valence-electron chi connectivity index (χ0n) is 10.1. The van der Waals surface area contributed by atoms with Crippen LogP contribution in [0.25, 0.3) is 0 Å². The zero-order chi connectivity index (χ0) is 11.3. The molecule has 0 bridgehead atoms. The van der Waals surface area contributed by atoms with Crippen molar-refractivity contribution in [3.63, 3.8) is 0 Å². The maximum atomic E-state index is 3.53. The Morgan fingerprint density at radius 3 is 2.20 bits per heavy atom. The summed E-state index contributed by atoms with van der Waals surface area (Å²) in [6.45, 7) is 6.69. The lowest BCUT2D eigenvalue weighted by molar-refractivity contribution is 0.715. The molecule has 0 fully saturated rings. The van der Waals surface area contributed by atoms with Crippen molar-refractivity contribution in [2.75, 3.05) is 0 Å². The molecule has 1 aromatic carbocycles. The molecule has 0 spiro atoms. The van der Waals surface area contributed by atoms with Gasteiger partial charge in [0, 0.05) is 5.33 Å². The number of alkyl halides is 1. The fraction of sp³-hybridized carbons (Fsp3) is 0.571. The van der Waals surface area contributed by atoms with Gasteiger partial charge in [-0.25, -0.2) is 0 Å². The van der Waals surface area contributed by atoms with E-state index in [-0.39, 0.29) is 0 Å². The van der Waals surface area contributed by atoms with Gasteiger partial charge in [-0.05, 0) is 48.9 Å². The molecule has 0 N–H and O–H groups in total. The van der Waals surface area contributed by atoms with E-state index in [9.17, 15) is 0 Å². The van der Waals surface area contributed by atoms with Crippen LogP contribution in [0, 0.1) is 13.8 Å². The number of benzene rings is 1. The predicted octanol–water partition coefficient (Wildman–Crippen LogP) is 4.93. The van der Waals surface area contributed by atoms with Crippen LogP contribution in [-0.4, -0.2) is 0 Å². The van der Waals surface area contributed by atoms with Gasteiger partial charge in [0.15, 0.2) is 0 Å². The second kappa shape index (κ2) is 6.32. The Hall–Kier alpha value is -0.300. The molecule has 0 nitrogen and oxygen atoms in total. The molecule has 0 heterocycles. The summed E-state index contributed by atoms with van der Waals surface area (Å²) in [6, 6.07) is 4.69. The minimum atomic E-state index is 0.967. The predicted molar refractivity (Wildman–Crippen MR) is 71.8 cm³/mol. The molecule has 0 amide bonds. The van der Waals surface area contributed by atoms with Crippen molar-refractivity contribution in [2.24, 2.45) is 0 Å². The van der Waals surface area contributed by atoms with Gasteiger partial charge in [-0.1, -0.05) is 47.8 Å². The Morgan fingerprint density at radius 2 is 1.60 bits per heavy atom. The average molecular weight is 269 g/mol. The summed E-state index contributed by atoms with van der Waals surface area (Å²) in [5.41, 5.74) is 5.83. The molecule has 0 aromatic heterocycles. The molecule has 0 aliphatic heterocycles. The highest BCUT2D eigenvalue weighted by molar-refractivity contribution is 9.08. The standard InChI is InChI=1S/C14H21Br/c1-4-5-6-7-13-8-12(3)14(10-15)9-11(13)2/h8-9H,4-7,10H2,1-3H3. The monoisotopic (exact) mass is 268 g/mol. The minimum absolute atomic E-state index is 0.967. The smallest absolute Gasteiger partial charge is 0.0285 e. The molecule has 0 unspecified atom stereocenters. The molecule has 0 saturated heterocycles. The molecule has 0 aliphatic carbocycles. The molecule has 0 aliphatic rings. The fourth-order valence-corrected chi connectivity index (χ4v) is 2.52.